The zero-order valence-electron chi connectivity index (χ0n) is 10.1. The molecule has 0 saturated heterocycles. The molecule has 3 heteroatoms. The number of benzene rings is 2. The maximum absolute atomic E-state index is 10.3. The molecule has 94 valence electrons. The van der Waals surface area contributed by atoms with Gasteiger partial charge in [-0.15, -0.1) is 0 Å². The Morgan fingerprint density at radius 1 is 0.722 bits per heavy atom. The second-order valence-corrected chi connectivity index (χ2v) is 4.42. The van der Waals surface area contributed by atoms with E-state index in [0.29, 0.717) is 0 Å². The molecule has 0 aromatic heterocycles. The minimum Gasteiger partial charge on any atom is -0.508 e. The van der Waals surface area contributed by atoms with E-state index in [-0.39, 0.29) is 17.4 Å². The van der Waals surface area contributed by atoms with Gasteiger partial charge in [-0.2, -0.15) is 0 Å². The first kappa shape index (κ1) is 12.5. The second-order valence-electron chi connectivity index (χ2n) is 4.42. The van der Waals surface area contributed by atoms with Gasteiger partial charge < -0.3 is 15.3 Å². The van der Waals surface area contributed by atoms with Gasteiger partial charge in [-0.25, -0.2) is 0 Å². The lowest BCUT2D eigenvalue weighted by Crippen LogP contribution is -2.07. The Kier molecular flexibility index (Phi) is 3.53. The van der Waals surface area contributed by atoms with E-state index in [2.05, 4.69) is 0 Å². The average Bonchev–Trinajstić information content (AvgIpc) is 2.39. The van der Waals surface area contributed by atoms with E-state index in [1.807, 2.05) is 6.92 Å². The molecule has 18 heavy (non-hydrogen) atoms. The summed E-state index contributed by atoms with van der Waals surface area (Å²) in [6.07, 6.45) is -0.643. The second kappa shape index (κ2) is 5.10. The molecule has 3 N–H and O–H groups in total. The SMILES string of the molecule is CC(c1ccc(O)cc1)C(O)c1ccc(O)cc1. The quantitative estimate of drug-likeness (QED) is 0.778. The third-order valence-electron chi connectivity index (χ3n) is 3.13. The lowest BCUT2D eigenvalue weighted by atomic mass is 9.91. The fourth-order valence-corrected chi connectivity index (χ4v) is 1.92. The van der Waals surface area contributed by atoms with E-state index in [1.165, 1.54) is 0 Å². The van der Waals surface area contributed by atoms with E-state index >= 15 is 0 Å². The number of aliphatic hydroxyl groups excluding tert-OH is 1. The molecule has 0 heterocycles. The van der Waals surface area contributed by atoms with Gasteiger partial charge in [-0.3, -0.25) is 0 Å². The van der Waals surface area contributed by atoms with Crippen molar-refractivity contribution in [1.29, 1.82) is 0 Å². The molecule has 2 aromatic rings. The van der Waals surface area contributed by atoms with Gasteiger partial charge in [0.25, 0.3) is 0 Å². The highest BCUT2D eigenvalue weighted by molar-refractivity contribution is 5.32. The van der Waals surface area contributed by atoms with Crippen molar-refractivity contribution in [3.8, 4) is 11.5 Å². The Bertz CT molecular complexity index is 453. The van der Waals surface area contributed by atoms with Crippen LogP contribution in [0, 0.1) is 0 Å². The minimum absolute atomic E-state index is 0.0878. The van der Waals surface area contributed by atoms with Crippen LogP contribution >= 0.6 is 0 Å². The smallest absolute Gasteiger partial charge is 0.115 e. The topological polar surface area (TPSA) is 60.7 Å². The Morgan fingerprint density at radius 2 is 1.11 bits per heavy atom. The monoisotopic (exact) mass is 244 g/mol. The number of rotatable bonds is 3. The summed E-state index contributed by atoms with van der Waals surface area (Å²) in [5.74, 6) is 0.309. The molecule has 0 aliphatic heterocycles. The number of aliphatic hydroxyl groups is 1. The van der Waals surface area contributed by atoms with Crippen LogP contribution in [-0.2, 0) is 0 Å². The van der Waals surface area contributed by atoms with Crippen molar-refractivity contribution in [1.82, 2.24) is 0 Å². The molecule has 2 rings (SSSR count). The van der Waals surface area contributed by atoms with Crippen molar-refractivity contribution in [2.24, 2.45) is 0 Å². The molecule has 0 fully saturated rings. The first-order valence-electron chi connectivity index (χ1n) is 5.84. The van der Waals surface area contributed by atoms with Crippen LogP contribution in [0.15, 0.2) is 48.5 Å². The standard InChI is InChI=1S/C15H16O3/c1-10(11-2-6-13(16)7-3-11)15(18)12-4-8-14(17)9-5-12/h2-10,15-18H,1H3. The van der Waals surface area contributed by atoms with Gasteiger partial charge in [-0.05, 0) is 35.4 Å². The molecule has 3 nitrogen and oxygen atoms in total. The van der Waals surface area contributed by atoms with Crippen LogP contribution in [0.3, 0.4) is 0 Å². The molecule has 0 bridgehead atoms. The van der Waals surface area contributed by atoms with Crippen molar-refractivity contribution in [3.05, 3.63) is 59.7 Å². The van der Waals surface area contributed by atoms with Crippen LogP contribution in [0.4, 0.5) is 0 Å². The molecular formula is C15H16O3. The van der Waals surface area contributed by atoms with Gasteiger partial charge in [0.2, 0.25) is 0 Å². The van der Waals surface area contributed by atoms with Gasteiger partial charge in [0.15, 0.2) is 0 Å². The van der Waals surface area contributed by atoms with E-state index in [9.17, 15) is 15.3 Å². The van der Waals surface area contributed by atoms with E-state index in [4.69, 9.17) is 0 Å². The van der Waals surface area contributed by atoms with Crippen molar-refractivity contribution in [2.75, 3.05) is 0 Å². The number of aromatic hydroxyl groups is 2. The van der Waals surface area contributed by atoms with Crippen LogP contribution in [0.5, 0.6) is 11.5 Å². The summed E-state index contributed by atoms with van der Waals surface area (Å²) in [6.45, 7) is 1.92. The van der Waals surface area contributed by atoms with E-state index < -0.39 is 6.10 Å². The molecule has 2 atom stereocenters. The molecule has 0 spiro atoms. The summed E-state index contributed by atoms with van der Waals surface area (Å²) < 4.78 is 0. The van der Waals surface area contributed by atoms with Gasteiger partial charge >= 0.3 is 0 Å². The number of hydrogen-bond donors (Lipinski definition) is 3. The summed E-state index contributed by atoms with van der Waals surface area (Å²) in [5.41, 5.74) is 1.71. The number of hydrogen-bond acceptors (Lipinski definition) is 3. The first-order valence-corrected chi connectivity index (χ1v) is 5.84. The van der Waals surface area contributed by atoms with Crippen LogP contribution < -0.4 is 0 Å². The predicted molar refractivity (Wildman–Crippen MR) is 69.6 cm³/mol. The van der Waals surface area contributed by atoms with Crippen molar-refractivity contribution in [2.45, 2.75) is 18.9 Å². The van der Waals surface area contributed by atoms with Gasteiger partial charge in [0.05, 0.1) is 6.10 Å². The Hall–Kier alpha value is -2.00. The maximum Gasteiger partial charge on any atom is 0.115 e. The highest BCUT2D eigenvalue weighted by Gasteiger charge is 2.18. The van der Waals surface area contributed by atoms with Crippen LogP contribution in [0.25, 0.3) is 0 Å². The summed E-state index contributed by atoms with van der Waals surface area (Å²) in [7, 11) is 0. The van der Waals surface area contributed by atoms with Gasteiger partial charge in [0.1, 0.15) is 11.5 Å². The molecule has 2 aromatic carbocycles. The molecular weight excluding hydrogens is 228 g/mol. The van der Waals surface area contributed by atoms with Crippen molar-refractivity contribution >= 4 is 0 Å². The fourth-order valence-electron chi connectivity index (χ4n) is 1.92. The zero-order valence-corrected chi connectivity index (χ0v) is 10.1. The minimum atomic E-state index is -0.643. The van der Waals surface area contributed by atoms with Gasteiger partial charge in [-0.1, -0.05) is 31.2 Å². The normalized spacial score (nSPS) is 14.1. The Morgan fingerprint density at radius 3 is 1.56 bits per heavy atom. The van der Waals surface area contributed by atoms with E-state index in [1.54, 1.807) is 48.5 Å². The van der Waals surface area contributed by atoms with Crippen LogP contribution in [0.2, 0.25) is 0 Å². The van der Waals surface area contributed by atoms with Crippen molar-refractivity contribution in [3.63, 3.8) is 0 Å². The van der Waals surface area contributed by atoms with Crippen LogP contribution in [0.1, 0.15) is 30.1 Å². The predicted octanol–water partition coefficient (Wildman–Crippen LogP) is 2.93. The first-order chi connectivity index (χ1) is 8.58. The van der Waals surface area contributed by atoms with Crippen molar-refractivity contribution < 1.29 is 15.3 Å². The molecule has 0 aliphatic rings. The zero-order chi connectivity index (χ0) is 13.1. The summed E-state index contributed by atoms with van der Waals surface area (Å²) >= 11 is 0. The summed E-state index contributed by atoms with van der Waals surface area (Å²) in [6, 6.07) is 13.3. The fraction of sp³-hybridized carbons (Fsp3) is 0.200. The molecule has 0 aliphatic carbocycles. The number of phenolic OH excluding ortho intramolecular Hbond substituents is 2. The summed E-state index contributed by atoms with van der Waals surface area (Å²) in [5, 5.41) is 28.7. The molecule has 0 radical (unpaired) electrons. The molecule has 2 unspecified atom stereocenters. The molecule has 0 saturated carbocycles. The highest BCUT2D eigenvalue weighted by Crippen LogP contribution is 2.31. The molecule has 0 amide bonds. The average molecular weight is 244 g/mol. The maximum atomic E-state index is 10.3. The number of phenols is 2. The van der Waals surface area contributed by atoms with E-state index in [0.717, 1.165) is 11.1 Å². The highest BCUT2D eigenvalue weighted by atomic mass is 16.3. The van der Waals surface area contributed by atoms with Gasteiger partial charge in [0, 0.05) is 5.92 Å². The third-order valence-corrected chi connectivity index (χ3v) is 3.13. The summed E-state index contributed by atoms with van der Waals surface area (Å²) in [4.78, 5) is 0. The Labute approximate surface area is 106 Å². The lowest BCUT2D eigenvalue weighted by Gasteiger charge is -2.19. The Balaban J connectivity index is 2.20. The van der Waals surface area contributed by atoms with Crippen LogP contribution in [-0.4, -0.2) is 15.3 Å². The lowest BCUT2D eigenvalue weighted by molar-refractivity contribution is 0.151. The third kappa shape index (κ3) is 2.63. The largest absolute Gasteiger partial charge is 0.508 e.